The van der Waals surface area contributed by atoms with E-state index in [2.05, 4.69) is 16.4 Å². The quantitative estimate of drug-likeness (QED) is 0.839. The number of ether oxygens (including phenoxy) is 1. The van der Waals surface area contributed by atoms with Gasteiger partial charge in [-0.25, -0.2) is 4.98 Å². The number of rotatable bonds is 3. The molecule has 1 aliphatic rings. The predicted molar refractivity (Wildman–Crippen MR) is 62.6 cm³/mol. The summed E-state index contributed by atoms with van der Waals surface area (Å²) < 4.78 is 7.75. The van der Waals surface area contributed by atoms with Crippen molar-refractivity contribution in [3.63, 3.8) is 0 Å². The number of hydrogen-bond donors (Lipinski definition) is 1. The summed E-state index contributed by atoms with van der Waals surface area (Å²) in [7, 11) is 2.00. The van der Waals surface area contributed by atoms with E-state index in [1.807, 2.05) is 30.1 Å². The maximum absolute atomic E-state index is 5.74. The summed E-state index contributed by atoms with van der Waals surface area (Å²) in [6, 6.07) is 6.06. The molecule has 1 aromatic heterocycles. The Morgan fingerprint density at radius 2 is 2.38 bits per heavy atom. The van der Waals surface area contributed by atoms with Crippen LogP contribution in [0.5, 0.6) is 5.75 Å². The minimum Gasteiger partial charge on any atom is -0.493 e. The largest absolute Gasteiger partial charge is 0.493 e. The first-order valence-electron chi connectivity index (χ1n) is 5.57. The third-order valence-electron chi connectivity index (χ3n) is 3.05. The first kappa shape index (κ1) is 9.66. The maximum atomic E-state index is 5.74. The van der Waals surface area contributed by atoms with Gasteiger partial charge in [-0.15, -0.1) is 0 Å². The van der Waals surface area contributed by atoms with Gasteiger partial charge in [-0.1, -0.05) is 0 Å². The van der Waals surface area contributed by atoms with E-state index in [1.165, 1.54) is 0 Å². The van der Waals surface area contributed by atoms with Crippen molar-refractivity contribution in [2.45, 2.75) is 0 Å². The van der Waals surface area contributed by atoms with Crippen LogP contribution in [0.3, 0.4) is 0 Å². The van der Waals surface area contributed by atoms with Crippen LogP contribution in [0.2, 0.25) is 0 Å². The van der Waals surface area contributed by atoms with Gasteiger partial charge in [-0.05, 0) is 12.1 Å². The molecule has 0 spiro atoms. The van der Waals surface area contributed by atoms with Crippen molar-refractivity contribution in [2.24, 2.45) is 13.0 Å². The van der Waals surface area contributed by atoms with E-state index in [0.29, 0.717) is 5.92 Å². The van der Waals surface area contributed by atoms with E-state index in [0.717, 1.165) is 36.5 Å². The number of benzene rings is 1. The number of fused-ring (bicyclic) bond motifs is 1. The van der Waals surface area contributed by atoms with Crippen LogP contribution in [0, 0.1) is 5.92 Å². The number of aromatic nitrogens is 2. The van der Waals surface area contributed by atoms with E-state index in [-0.39, 0.29) is 0 Å². The third-order valence-corrected chi connectivity index (χ3v) is 3.05. The van der Waals surface area contributed by atoms with Gasteiger partial charge in [0.25, 0.3) is 0 Å². The third kappa shape index (κ3) is 1.65. The molecule has 2 aromatic rings. The van der Waals surface area contributed by atoms with Gasteiger partial charge in [-0.3, -0.25) is 0 Å². The van der Waals surface area contributed by atoms with Gasteiger partial charge in [0.1, 0.15) is 5.75 Å². The average Bonchev–Trinajstić information content (AvgIpc) is 2.58. The van der Waals surface area contributed by atoms with Crippen LogP contribution in [0.4, 0.5) is 0 Å². The van der Waals surface area contributed by atoms with E-state index < -0.39 is 0 Å². The molecule has 0 unspecified atom stereocenters. The van der Waals surface area contributed by atoms with Crippen molar-refractivity contribution in [1.29, 1.82) is 0 Å². The van der Waals surface area contributed by atoms with Crippen LogP contribution in [0.15, 0.2) is 24.5 Å². The predicted octanol–water partition coefficient (Wildman–Crippen LogP) is 1.17. The normalized spacial score (nSPS) is 16.3. The van der Waals surface area contributed by atoms with Crippen molar-refractivity contribution >= 4 is 11.0 Å². The Kier molecular flexibility index (Phi) is 2.29. The van der Waals surface area contributed by atoms with Crippen molar-refractivity contribution in [3.05, 3.63) is 24.5 Å². The number of hydrogen-bond acceptors (Lipinski definition) is 3. The van der Waals surface area contributed by atoms with Crippen LogP contribution in [-0.2, 0) is 7.05 Å². The number of nitrogens with zero attached hydrogens (tertiary/aromatic N) is 2. The lowest BCUT2D eigenvalue weighted by Crippen LogP contribution is -2.45. The summed E-state index contributed by atoms with van der Waals surface area (Å²) in [5.41, 5.74) is 2.13. The van der Waals surface area contributed by atoms with Crippen LogP contribution >= 0.6 is 0 Å². The fraction of sp³-hybridized carbons (Fsp3) is 0.417. The Hall–Kier alpha value is -1.55. The van der Waals surface area contributed by atoms with Crippen LogP contribution in [-0.4, -0.2) is 29.2 Å². The molecular weight excluding hydrogens is 202 g/mol. The van der Waals surface area contributed by atoms with Gasteiger partial charge < -0.3 is 14.6 Å². The molecule has 0 atom stereocenters. The SMILES string of the molecule is Cn1cnc2cc(OCC3CNC3)ccc21. The zero-order valence-electron chi connectivity index (χ0n) is 9.31. The summed E-state index contributed by atoms with van der Waals surface area (Å²) in [5.74, 6) is 1.58. The number of nitrogens with one attached hydrogen (secondary N) is 1. The molecule has 1 aromatic carbocycles. The van der Waals surface area contributed by atoms with E-state index in [9.17, 15) is 0 Å². The average molecular weight is 217 g/mol. The second-order valence-electron chi connectivity index (χ2n) is 4.34. The Labute approximate surface area is 94.2 Å². The lowest BCUT2D eigenvalue weighted by atomic mass is 10.1. The highest BCUT2D eigenvalue weighted by atomic mass is 16.5. The van der Waals surface area contributed by atoms with E-state index >= 15 is 0 Å². The molecule has 0 radical (unpaired) electrons. The van der Waals surface area contributed by atoms with Crippen molar-refractivity contribution in [1.82, 2.24) is 14.9 Å². The zero-order chi connectivity index (χ0) is 11.0. The molecule has 1 saturated heterocycles. The summed E-state index contributed by atoms with van der Waals surface area (Å²) >= 11 is 0. The monoisotopic (exact) mass is 217 g/mol. The van der Waals surface area contributed by atoms with Crippen molar-refractivity contribution < 1.29 is 4.74 Å². The Balaban J connectivity index is 1.76. The molecule has 3 rings (SSSR count). The molecule has 84 valence electrons. The smallest absolute Gasteiger partial charge is 0.121 e. The Bertz CT molecular complexity index is 502. The molecule has 1 aliphatic heterocycles. The van der Waals surface area contributed by atoms with Gasteiger partial charge in [0.05, 0.1) is 24.0 Å². The molecule has 1 fully saturated rings. The molecule has 0 amide bonds. The highest BCUT2D eigenvalue weighted by Gasteiger charge is 2.17. The molecule has 0 aliphatic carbocycles. The molecule has 0 saturated carbocycles. The Morgan fingerprint density at radius 1 is 1.50 bits per heavy atom. The zero-order valence-corrected chi connectivity index (χ0v) is 9.31. The maximum Gasteiger partial charge on any atom is 0.121 e. The molecular formula is C12H15N3O. The summed E-state index contributed by atoms with van der Waals surface area (Å²) in [6.07, 6.45) is 1.82. The van der Waals surface area contributed by atoms with Gasteiger partial charge in [-0.2, -0.15) is 0 Å². The summed E-state index contributed by atoms with van der Waals surface area (Å²) in [5, 5.41) is 3.23. The minimum atomic E-state index is 0.666. The molecule has 16 heavy (non-hydrogen) atoms. The fourth-order valence-electron chi connectivity index (χ4n) is 1.89. The lowest BCUT2D eigenvalue weighted by Gasteiger charge is -2.26. The van der Waals surface area contributed by atoms with Gasteiger partial charge >= 0.3 is 0 Å². The van der Waals surface area contributed by atoms with Gasteiger partial charge in [0, 0.05) is 32.1 Å². The summed E-state index contributed by atoms with van der Waals surface area (Å²) in [6.45, 7) is 2.95. The summed E-state index contributed by atoms with van der Waals surface area (Å²) in [4.78, 5) is 4.31. The second kappa shape index (κ2) is 3.79. The number of aryl methyl sites for hydroxylation is 1. The molecule has 4 nitrogen and oxygen atoms in total. The molecule has 1 N–H and O–H groups in total. The highest BCUT2D eigenvalue weighted by Crippen LogP contribution is 2.20. The first-order chi connectivity index (χ1) is 7.83. The molecule has 2 heterocycles. The molecule has 4 heteroatoms. The van der Waals surface area contributed by atoms with Crippen molar-refractivity contribution in [3.8, 4) is 5.75 Å². The standard InChI is InChI=1S/C12H15N3O/c1-15-8-14-11-4-10(2-3-12(11)15)16-7-9-5-13-6-9/h2-4,8-9,13H,5-7H2,1H3. The van der Waals surface area contributed by atoms with Crippen molar-refractivity contribution in [2.75, 3.05) is 19.7 Å². The first-order valence-corrected chi connectivity index (χ1v) is 5.57. The number of imidazole rings is 1. The second-order valence-corrected chi connectivity index (χ2v) is 4.34. The minimum absolute atomic E-state index is 0.666. The lowest BCUT2D eigenvalue weighted by molar-refractivity contribution is 0.199. The van der Waals surface area contributed by atoms with Crippen LogP contribution in [0.1, 0.15) is 0 Å². The van der Waals surface area contributed by atoms with Gasteiger partial charge in [0.2, 0.25) is 0 Å². The van der Waals surface area contributed by atoms with Gasteiger partial charge in [0.15, 0.2) is 0 Å². The van der Waals surface area contributed by atoms with E-state index in [4.69, 9.17) is 4.74 Å². The topological polar surface area (TPSA) is 39.1 Å². The Morgan fingerprint density at radius 3 is 3.12 bits per heavy atom. The van der Waals surface area contributed by atoms with Crippen LogP contribution in [0.25, 0.3) is 11.0 Å². The van der Waals surface area contributed by atoms with E-state index in [1.54, 1.807) is 0 Å². The highest BCUT2D eigenvalue weighted by molar-refractivity contribution is 5.76. The van der Waals surface area contributed by atoms with Crippen LogP contribution < -0.4 is 10.1 Å². The fourth-order valence-corrected chi connectivity index (χ4v) is 1.89. The molecule has 0 bridgehead atoms.